The van der Waals surface area contributed by atoms with Gasteiger partial charge in [-0.1, -0.05) is 0 Å². The molecule has 0 saturated carbocycles. The number of morpholine rings is 1. The lowest BCUT2D eigenvalue weighted by molar-refractivity contribution is 0.122. The smallest absolute Gasteiger partial charge is 0.224 e. The van der Waals surface area contributed by atoms with Crippen LogP contribution in [0.3, 0.4) is 0 Å². The van der Waals surface area contributed by atoms with Gasteiger partial charge in [-0.3, -0.25) is 4.90 Å². The number of halogens is 1. The topological polar surface area (TPSA) is 78.9 Å². The van der Waals surface area contributed by atoms with Crippen molar-refractivity contribution in [2.24, 2.45) is 0 Å². The van der Waals surface area contributed by atoms with Crippen molar-refractivity contribution in [3.8, 4) is 0 Å². The van der Waals surface area contributed by atoms with E-state index in [1.54, 1.807) is 15.6 Å². The van der Waals surface area contributed by atoms with Gasteiger partial charge in [-0.05, 0) is 37.6 Å². The summed E-state index contributed by atoms with van der Waals surface area (Å²) in [5.41, 5.74) is 0.860. The average molecular weight is 460 g/mol. The summed E-state index contributed by atoms with van der Waals surface area (Å²) in [6.07, 6.45) is 3.13. The fraction of sp³-hybridized carbons (Fsp3) is 0.667. The molecular formula is C18H26ClN5O3S2. The number of ether oxygens (including phenoxy) is 1. The molecule has 2 saturated heterocycles. The summed E-state index contributed by atoms with van der Waals surface area (Å²) in [6, 6.07) is 2.11. The van der Waals surface area contributed by atoms with Gasteiger partial charge < -0.3 is 9.64 Å². The molecule has 0 aliphatic carbocycles. The van der Waals surface area contributed by atoms with Crippen LogP contribution in [-0.4, -0.2) is 86.3 Å². The molecule has 4 heterocycles. The van der Waals surface area contributed by atoms with Gasteiger partial charge in [0.15, 0.2) is 5.82 Å². The van der Waals surface area contributed by atoms with E-state index in [0.29, 0.717) is 26.3 Å². The highest BCUT2D eigenvalue weighted by molar-refractivity contribution is 7.88. The predicted molar refractivity (Wildman–Crippen MR) is 116 cm³/mol. The zero-order valence-corrected chi connectivity index (χ0v) is 19.1. The lowest BCUT2D eigenvalue weighted by atomic mass is 10.2. The number of anilines is 1. The first kappa shape index (κ1) is 21.2. The second kappa shape index (κ2) is 8.60. The van der Waals surface area contributed by atoms with E-state index in [4.69, 9.17) is 16.3 Å². The van der Waals surface area contributed by atoms with E-state index < -0.39 is 10.0 Å². The van der Waals surface area contributed by atoms with Gasteiger partial charge in [0, 0.05) is 43.6 Å². The van der Waals surface area contributed by atoms with E-state index in [1.165, 1.54) is 6.26 Å². The summed E-state index contributed by atoms with van der Waals surface area (Å²) in [5, 5.41) is 0.256. The molecule has 0 aromatic carbocycles. The number of likely N-dealkylation sites (N-methyl/N-ethyl adjacent to an activating group) is 1. The maximum Gasteiger partial charge on any atom is 0.224 e. The van der Waals surface area contributed by atoms with Crippen molar-refractivity contribution in [1.82, 2.24) is 19.2 Å². The van der Waals surface area contributed by atoms with Crippen LogP contribution in [0.5, 0.6) is 0 Å². The maximum atomic E-state index is 12.0. The summed E-state index contributed by atoms with van der Waals surface area (Å²) >= 11 is 7.86. The van der Waals surface area contributed by atoms with Crippen molar-refractivity contribution < 1.29 is 13.2 Å². The maximum absolute atomic E-state index is 12.0. The molecule has 0 spiro atoms. The van der Waals surface area contributed by atoms with Crippen molar-refractivity contribution in [2.45, 2.75) is 25.4 Å². The third-order valence-electron chi connectivity index (χ3n) is 5.39. The van der Waals surface area contributed by atoms with E-state index >= 15 is 0 Å². The minimum Gasteiger partial charge on any atom is -0.378 e. The second-order valence-corrected chi connectivity index (χ2v) is 11.1. The molecule has 0 bridgehead atoms. The van der Waals surface area contributed by atoms with Gasteiger partial charge in [-0.15, -0.1) is 11.3 Å². The quantitative estimate of drug-likeness (QED) is 0.611. The van der Waals surface area contributed by atoms with Crippen LogP contribution in [-0.2, 0) is 21.3 Å². The first-order valence-electron chi connectivity index (χ1n) is 9.75. The van der Waals surface area contributed by atoms with Crippen molar-refractivity contribution in [3.63, 3.8) is 0 Å². The molecule has 160 valence electrons. The Morgan fingerprint density at radius 1 is 1.31 bits per heavy atom. The van der Waals surface area contributed by atoms with Gasteiger partial charge in [0.1, 0.15) is 0 Å². The Morgan fingerprint density at radius 2 is 2.07 bits per heavy atom. The lowest BCUT2D eigenvalue weighted by Gasteiger charge is -2.28. The third kappa shape index (κ3) is 4.83. The van der Waals surface area contributed by atoms with E-state index in [0.717, 1.165) is 53.4 Å². The molecule has 11 heteroatoms. The van der Waals surface area contributed by atoms with Crippen LogP contribution in [0.2, 0.25) is 5.28 Å². The van der Waals surface area contributed by atoms with Gasteiger partial charge in [0.2, 0.25) is 15.3 Å². The predicted octanol–water partition coefficient (Wildman–Crippen LogP) is 2.04. The van der Waals surface area contributed by atoms with Crippen molar-refractivity contribution in [2.75, 3.05) is 57.6 Å². The molecule has 2 aromatic heterocycles. The van der Waals surface area contributed by atoms with Gasteiger partial charge in [-0.2, -0.15) is 9.29 Å². The fourth-order valence-electron chi connectivity index (χ4n) is 4.12. The molecular weight excluding hydrogens is 434 g/mol. The van der Waals surface area contributed by atoms with Crippen molar-refractivity contribution in [1.29, 1.82) is 0 Å². The summed E-state index contributed by atoms with van der Waals surface area (Å²) in [4.78, 5) is 14.4. The van der Waals surface area contributed by atoms with Crippen LogP contribution in [0.1, 0.15) is 17.7 Å². The van der Waals surface area contributed by atoms with Gasteiger partial charge in [0.25, 0.3) is 0 Å². The Morgan fingerprint density at radius 3 is 2.79 bits per heavy atom. The molecule has 1 unspecified atom stereocenters. The van der Waals surface area contributed by atoms with Crippen LogP contribution in [0.25, 0.3) is 10.2 Å². The molecule has 2 aliphatic rings. The highest BCUT2D eigenvalue weighted by Gasteiger charge is 2.32. The normalized spacial score (nSPS) is 21.5. The Labute approximate surface area is 180 Å². The summed E-state index contributed by atoms with van der Waals surface area (Å²) in [5.74, 6) is 0.876. The van der Waals surface area contributed by atoms with E-state index in [9.17, 15) is 8.42 Å². The first-order chi connectivity index (χ1) is 13.8. The zero-order chi connectivity index (χ0) is 20.6. The van der Waals surface area contributed by atoms with Gasteiger partial charge in [-0.25, -0.2) is 13.4 Å². The van der Waals surface area contributed by atoms with Crippen LogP contribution in [0.15, 0.2) is 6.07 Å². The summed E-state index contributed by atoms with van der Waals surface area (Å²) in [7, 11) is -1.12. The number of hydrogen-bond acceptors (Lipinski definition) is 8. The van der Waals surface area contributed by atoms with E-state index in [2.05, 4.69) is 25.8 Å². The van der Waals surface area contributed by atoms with Crippen molar-refractivity contribution >= 4 is 49.0 Å². The number of thiophene rings is 1. The minimum absolute atomic E-state index is 0.0440. The largest absolute Gasteiger partial charge is 0.378 e. The minimum atomic E-state index is -3.15. The molecule has 0 amide bonds. The lowest BCUT2D eigenvalue weighted by Crippen LogP contribution is -2.41. The molecule has 8 nitrogen and oxygen atoms in total. The third-order valence-corrected chi connectivity index (χ3v) is 7.99. The molecule has 29 heavy (non-hydrogen) atoms. The Bertz CT molecular complexity index is 977. The van der Waals surface area contributed by atoms with E-state index in [1.807, 2.05) is 7.05 Å². The number of aromatic nitrogens is 2. The van der Waals surface area contributed by atoms with Crippen LogP contribution in [0.4, 0.5) is 5.82 Å². The number of rotatable bonds is 6. The van der Waals surface area contributed by atoms with Gasteiger partial charge in [0.05, 0.1) is 29.7 Å². The highest BCUT2D eigenvalue weighted by atomic mass is 35.5. The number of sulfonamides is 1. The van der Waals surface area contributed by atoms with Gasteiger partial charge >= 0.3 is 0 Å². The number of hydrogen-bond donors (Lipinski definition) is 0. The standard InChI is InChI=1S/C18H26ClN5O3S2/c1-22(11-13-4-3-5-24(13)29(2,25)26)12-14-10-15-16(28-14)17(21-18(19)20-15)23-6-8-27-9-7-23/h10,13H,3-9,11-12H2,1-2H3. The van der Waals surface area contributed by atoms with Crippen LogP contribution < -0.4 is 4.90 Å². The molecule has 4 rings (SSSR count). The SMILES string of the molecule is CN(Cc1cc2nc(Cl)nc(N3CCOCC3)c2s1)CC1CCCN1S(C)(=O)=O. The Hall–Kier alpha value is -1.04. The zero-order valence-electron chi connectivity index (χ0n) is 16.7. The monoisotopic (exact) mass is 459 g/mol. The summed E-state index contributed by atoms with van der Waals surface area (Å²) in [6.45, 7) is 5.01. The van der Waals surface area contributed by atoms with Crippen LogP contribution >= 0.6 is 22.9 Å². The average Bonchev–Trinajstić information content (AvgIpc) is 3.27. The summed E-state index contributed by atoms with van der Waals surface area (Å²) < 4.78 is 32.1. The van der Waals surface area contributed by atoms with E-state index in [-0.39, 0.29) is 11.3 Å². The Kier molecular flexibility index (Phi) is 6.29. The number of nitrogens with zero attached hydrogens (tertiary/aromatic N) is 5. The fourth-order valence-corrected chi connectivity index (χ4v) is 6.66. The first-order valence-corrected chi connectivity index (χ1v) is 12.8. The second-order valence-electron chi connectivity index (χ2n) is 7.71. The molecule has 0 radical (unpaired) electrons. The number of fused-ring (bicyclic) bond motifs is 1. The highest BCUT2D eigenvalue weighted by Crippen LogP contribution is 2.34. The van der Waals surface area contributed by atoms with Crippen molar-refractivity contribution in [3.05, 3.63) is 16.2 Å². The van der Waals surface area contributed by atoms with Crippen LogP contribution in [0, 0.1) is 0 Å². The molecule has 1 atom stereocenters. The molecule has 2 aliphatic heterocycles. The molecule has 2 fully saturated rings. The Balaban J connectivity index is 1.51. The molecule has 2 aromatic rings. The molecule has 0 N–H and O–H groups in total.